The van der Waals surface area contributed by atoms with E-state index in [1.807, 2.05) is 36.4 Å². The van der Waals surface area contributed by atoms with Gasteiger partial charge in [0.05, 0.1) is 12.6 Å². The molecule has 1 heterocycles. The van der Waals surface area contributed by atoms with Crippen LogP contribution in [0.4, 0.5) is 4.79 Å². The number of nitrogens with zero attached hydrogens (tertiary/aromatic N) is 1. The van der Waals surface area contributed by atoms with Crippen molar-refractivity contribution in [2.24, 2.45) is 0 Å². The summed E-state index contributed by atoms with van der Waals surface area (Å²) in [6.45, 7) is 11.5. The van der Waals surface area contributed by atoms with Crippen LogP contribution in [0, 0.1) is 0 Å². The third-order valence-electron chi connectivity index (χ3n) is 7.06. The van der Waals surface area contributed by atoms with E-state index in [4.69, 9.17) is 9.16 Å². The Balaban J connectivity index is 2.02. The number of carbonyl (C=O) groups excluding carboxylic acids is 1. The molecule has 2 amide bonds. The molecule has 0 spiro atoms. The number of carboxylic acid groups (broad SMARTS) is 1. The van der Waals surface area contributed by atoms with Crippen molar-refractivity contribution < 1.29 is 23.9 Å². The first-order valence-electron chi connectivity index (χ1n) is 12.2. The van der Waals surface area contributed by atoms with Gasteiger partial charge < -0.3 is 24.5 Å². The highest BCUT2D eigenvalue weighted by atomic mass is 28.4. The maximum atomic E-state index is 13.2. The molecule has 2 N–H and O–H groups in total. The van der Waals surface area contributed by atoms with Crippen molar-refractivity contribution in [2.45, 2.75) is 70.2 Å². The summed E-state index contributed by atoms with van der Waals surface area (Å²) in [5.41, 5.74) is 1.49. The fourth-order valence-corrected chi connectivity index (χ4v) is 5.46. The summed E-state index contributed by atoms with van der Waals surface area (Å²) >= 11 is 0. The van der Waals surface area contributed by atoms with Crippen LogP contribution in [0.1, 0.15) is 49.5 Å². The Bertz CT molecular complexity index is 994. The highest BCUT2D eigenvalue weighted by Crippen LogP contribution is 2.42. The number of hydrogen-bond donors (Lipinski definition) is 2. The second-order valence-corrected chi connectivity index (χ2v) is 15.4. The molecule has 3 rings (SSSR count). The molecule has 2 atom stereocenters. The lowest BCUT2D eigenvalue weighted by Gasteiger charge is -2.48. The molecule has 0 unspecified atom stereocenters. The van der Waals surface area contributed by atoms with Gasteiger partial charge in [-0.1, -0.05) is 69.3 Å². The van der Waals surface area contributed by atoms with Gasteiger partial charge in [0.1, 0.15) is 0 Å². The van der Waals surface area contributed by atoms with Crippen molar-refractivity contribution in [1.82, 2.24) is 10.2 Å². The van der Waals surface area contributed by atoms with Crippen LogP contribution in [0.15, 0.2) is 60.7 Å². The summed E-state index contributed by atoms with van der Waals surface area (Å²) in [6.07, 6.45) is 0.0126. The minimum Gasteiger partial charge on any atom is -0.465 e. The summed E-state index contributed by atoms with van der Waals surface area (Å²) in [5.74, 6) is -1.46. The Hall–Kier alpha value is -2.68. The molecule has 2 aromatic carbocycles. The molecule has 7 nitrogen and oxygen atoms in total. The minimum absolute atomic E-state index is 0.0807. The van der Waals surface area contributed by atoms with Crippen molar-refractivity contribution in [3.05, 3.63) is 71.8 Å². The molecule has 35 heavy (non-hydrogen) atoms. The average molecular weight is 499 g/mol. The van der Waals surface area contributed by atoms with Gasteiger partial charge in [0.15, 0.2) is 14.1 Å². The number of hydrogen-bond acceptors (Lipinski definition) is 4. The number of benzene rings is 2. The monoisotopic (exact) mass is 498 g/mol. The summed E-state index contributed by atoms with van der Waals surface area (Å²) in [4.78, 5) is 26.6. The third kappa shape index (κ3) is 6.71. The van der Waals surface area contributed by atoms with Gasteiger partial charge in [-0.2, -0.15) is 0 Å². The highest BCUT2D eigenvalue weighted by Gasteiger charge is 2.51. The Kier molecular flexibility index (Phi) is 8.40. The van der Waals surface area contributed by atoms with E-state index in [2.05, 4.69) is 39.2 Å². The first-order valence-corrected chi connectivity index (χ1v) is 15.1. The molecular weight excluding hydrogens is 460 g/mol. The average Bonchev–Trinajstić information content (AvgIpc) is 2.98. The van der Waals surface area contributed by atoms with Crippen molar-refractivity contribution in [3.8, 4) is 0 Å². The Morgan fingerprint density at radius 2 is 1.69 bits per heavy atom. The van der Waals surface area contributed by atoms with Gasteiger partial charge in [-0.25, -0.2) is 4.79 Å². The second kappa shape index (κ2) is 10.9. The van der Waals surface area contributed by atoms with Crippen LogP contribution in [0.5, 0.6) is 0 Å². The molecule has 2 aromatic rings. The van der Waals surface area contributed by atoms with Gasteiger partial charge in [-0.3, -0.25) is 4.79 Å². The number of likely N-dealkylation sites (tertiary alicyclic amines) is 1. The number of carbonyl (C=O) groups is 2. The first kappa shape index (κ1) is 26.9. The van der Waals surface area contributed by atoms with E-state index in [0.717, 1.165) is 5.56 Å². The van der Waals surface area contributed by atoms with Gasteiger partial charge in [-0.15, -0.1) is 0 Å². The van der Waals surface area contributed by atoms with E-state index in [1.54, 1.807) is 24.3 Å². The van der Waals surface area contributed by atoms with E-state index in [0.29, 0.717) is 31.6 Å². The zero-order chi connectivity index (χ0) is 25.7. The molecular formula is C27H38N2O5Si. The molecule has 0 radical (unpaired) electrons. The van der Waals surface area contributed by atoms with E-state index < -0.39 is 26.2 Å². The van der Waals surface area contributed by atoms with E-state index in [9.17, 15) is 14.7 Å². The zero-order valence-electron chi connectivity index (χ0n) is 21.4. The second-order valence-electron chi connectivity index (χ2n) is 10.7. The highest BCUT2D eigenvalue weighted by molar-refractivity contribution is 6.74. The van der Waals surface area contributed by atoms with Crippen molar-refractivity contribution in [3.63, 3.8) is 0 Å². The van der Waals surface area contributed by atoms with Gasteiger partial charge in [0, 0.05) is 25.1 Å². The fraction of sp³-hybridized carbons (Fsp3) is 0.481. The molecule has 1 aliphatic rings. The van der Waals surface area contributed by atoms with Gasteiger partial charge in [-0.05, 0) is 42.2 Å². The van der Waals surface area contributed by atoms with Crippen LogP contribution in [0.2, 0.25) is 18.1 Å². The number of rotatable bonds is 7. The minimum atomic E-state index is -2.39. The summed E-state index contributed by atoms with van der Waals surface area (Å²) in [5, 5.41) is 12.8. The molecule has 0 aliphatic carbocycles. The van der Waals surface area contributed by atoms with Crippen molar-refractivity contribution >= 4 is 20.3 Å². The summed E-state index contributed by atoms with van der Waals surface area (Å²) in [6, 6.07) is 18.1. The molecule has 0 bridgehead atoms. The lowest BCUT2D eigenvalue weighted by atomic mass is 10.0. The number of amides is 2. The van der Waals surface area contributed by atoms with Crippen LogP contribution < -0.4 is 5.32 Å². The zero-order valence-corrected chi connectivity index (χ0v) is 22.4. The number of ether oxygens (including phenoxy) is 1. The summed E-state index contributed by atoms with van der Waals surface area (Å²) in [7, 11) is -2.39. The van der Waals surface area contributed by atoms with Crippen LogP contribution in [-0.2, 0) is 15.8 Å². The van der Waals surface area contributed by atoms with Crippen molar-refractivity contribution in [2.75, 3.05) is 13.1 Å². The van der Waals surface area contributed by atoms with Crippen LogP contribution in [0.3, 0.4) is 0 Å². The Labute approximate surface area is 209 Å². The third-order valence-corrected chi connectivity index (χ3v) is 11.5. The van der Waals surface area contributed by atoms with E-state index in [-0.39, 0.29) is 17.5 Å². The predicted octanol–water partition coefficient (Wildman–Crippen LogP) is 5.49. The smallest absolute Gasteiger partial charge is 0.407 e. The Morgan fingerprint density at radius 1 is 1.09 bits per heavy atom. The van der Waals surface area contributed by atoms with E-state index in [1.165, 1.54) is 4.90 Å². The first-order chi connectivity index (χ1) is 16.4. The van der Waals surface area contributed by atoms with Gasteiger partial charge >= 0.3 is 6.09 Å². The largest absolute Gasteiger partial charge is 0.465 e. The SMILES string of the molecule is CC(C)(C)[Si](C)(C)O[C@]1(OCc2ccccc2)CCCN(C(=O)O)C[C@H]1NC(=O)c1ccccc1. The van der Waals surface area contributed by atoms with Crippen LogP contribution in [0.25, 0.3) is 0 Å². The molecule has 1 saturated heterocycles. The van der Waals surface area contributed by atoms with Gasteiger partial charge in [0.2, 0.25) is 0 Å². The lowest BCUT2D eigenvalue weighted by molar-refractivity contribution is -0.218. The van der Waals surface area contributed by atoms with Crippen LogP contribution >= 0.6 is 0 Å². The molecule has 0 saturated carbocycles. The van der Waals surface area contributed by atoms with Gasteiger partial charge in [0.25, 0.3) is 5.91 Å². The quantitative estimate of drug-likeness (QED) is 0.389. The standard InChI is InChI=1S/C27H38N2O5Si/c1-26(2,3)35(4,5)34-27(33-20-21-13-8-6-9-14-21)17-12-18-29(25(31)32)19-23(27)28-24(30)22-15-10-7-11-16-22/h6-11,13-16,23H,12,17-20H2,1-5H3,(H,28,30)(H,31,32)/t23-,27-/m1/s1. The number of nitrogens with one attached hydrogen (secondary N) is 1. The molecule has 8 heteroatoms. The van der Waals surface area contributed by atoms with Crippen LogP contribution in [-0.4, -0.2) is 55.2 Å². The topological polar surface area (TPSA) is 88.1 Å². The maximum absolute atomic E-state index is 13.2. The molecule has 1 aliphatic heterocycles. The summed E-state index contributed by atoms with van der Waals surface area (Å²) < 4.78 is 13.6. The van der Waals surface area contributed by atoms with E-state index >= 15 is 0 Å². The van der Waals surface area contributed by atoms with Crippen molar-refractivity contribution in [1.29, 1.82) is 0 Å². The molecule has 190 valence electrons. The normalized spacial score (nSPS) is 21.3. The fourth-order valence-electron chi connectivity index (χ4n) is 3.99. The Morgan fingerprint density at radius 3 is 2.26 bits per heavy atom. The predicted molar refractivity (Wildman–Crippen MR) is 139 cm³/mol. The molecule has 0 aromatic heterocycles. The lowest BCUT2D eigenvalue weighted by Crippen LogP contribution is -2.63. The maximum Gasteiger partial charge on any atom is 0.407 e. The molecule has 1 fully saturated rings.